The number of thioether (sulfide) groups is 1. The number of carbonyl (C=O) groups excluding carboxylic acids is 1. The number of ether oxygens (including phenoxy) is 1. The summed E-state index contributed by atoms with van der Waals surface area (Å²) in [5, 5.41) is 0. The largest absolute Gasteiger partial charge is 0.497 e. The third-order valence-corrected chi connectivity index (χ3v) is 7.02. The fourth-order valence-electron chi connectivity index (χ4n) is 2.76. The van der Waals surface area contributed by atoms with E-state index in [2.05, 4.69) is 0 Å². The minimum absolute atomic E-state index is 0.0756. The normalized spacial score (nSPS) is 11.9. The lowest BCUT2D eigenvalue weighted by atomic mass is 10.1. The highest BCUT2D eigenvalue weighted by molar-refractivity contribution is 8.09. The Morgan fingerprint density at radius 1 is 1.07 bits per heavy atom. The van der Waals surface area contributed by atoms with E-state index in [1.165, 1.54) is 11.8 Å². The first-order valence-electron chi connectivity index (χ1n) is 9.34. The highest BCUT2D eigenvalue weighted by Gasteiger charge is 2.21. The molecule has 0 saturated heterocycles. The van der Waals surface area contributed by atoms with Gasteiger partial charge in [0.25, 0.3) is 0 Å². The minimum atomic E-state index is -2.48. The number of Topliss-reactive ketones (excluding diaryl/α,β-unsaturated/α-hetero) is 1. The van der Waals surface area contributed by atoms with E-state index in [0.717, 1.165) is 22.6 Å². The minimum Gasteiger partial charge on any atom is -0.497 e. The molecule has 0 aromatic heterocycles. The van der Waals surface area contributed by atoms with Gasteiger partial charge >= 0.3 is 0 Å². The molecule has 0 amide bonds. The van der Waals surface area contributed by atoms with E-state index >= 15 is 0 Å². The molecule has 3 nitrogen and oxygen atoms in total. The topological polar surface area (TPSA) is 43.4 Å². The van der Waals surface area contributed by atoms with Crippen LogP contribution in [0.25, 0.3) is 6.08 Å². The number of benzene rings is 2. The quantitative estimate of drug-likeness (QED) is 0.157. The zero-order valence-corrected chi connectivity index (χ0v) is 19.4. The molecule has 0 bridgehead atoms. The number of alkyl halides is 1. The first-order chi connectivity index (χ1) is 13.8. The summed E-state index contributed by atoms with van der Waals surface area (Å²) in [6.07, 6.45) is 7.00. The van der Waals surface area contributed by atoms with Gasteiger partial charge in [-0.25, -0.2) is 0 Å². The molecule has 29 heavy (non-hydrogen) atoms. The summed E-state index contributed by atoms with van der Waals surface area (Å²) in [6, 6.07) is 17.4. The Labute approximate surface area is 183 Å². The fourth-order valence-corrected chi connectivity index (χ4v) is 5.80. The van der Waals surface area contributed by atoms with Crippen LogP contribution in [0.5, 0.6) is 5.75 Å². The van der Waals surface area contributed by atoms with Gasteiger partial charge in [0, 0.05) is 34.6 Å². The Hall–Kier alpha value is -1.69. The third-order valence-electron chi connectivity index (χ3n) is 4.14. The van der Waals surface area contributed by atoms with Gasteiger partial charge in [-0.2, -0.15) is 0 Å². The molecule has 0 spiro atoms. The average Bonchev–Trinajstić information content (AvgIpc) is 2.68. The second-order valence-electron chi connectivity index (χ2n) is 6.83. The zero-order valence-electron chi connectivity index (χ0n) is 17.0. The standard InChI is InChI=1S/C23H27ClO3S2/c1-27-19-12-14-20(15-13-19)28-22(17-18-9-5-4-6-10-18)23(29(2,3)26)21(25)11-7-8-16-24/h4-6,9-10,12-15,17H,7-8,11,16H2,1-3H3/b22-17+. The average molecular weight is 451 g/mol. The Morgan fingerprint density at radius 2 is 1.72 bits per heavy atom. The number of hydrogen-bond donors (Lipinski definition) is 0. The maximum absolute atomic E-state index is 13.1. The van der Waals surface area contributed by atoms with Gasteiger partial charge in [0.15, 0.2) is 5.78 Å². The van der Waals surface area contributed by atoms with Crippen molar-refractivity contribution in [1.82, 2.24) is 0 Å². The highest BCUT2D eigenvalue weighted by Crippen LogP contribution is 2.32. The van der Waals surface area contributed by atoms with Crippen molar-refractivity contribution in [1.29, 1.82) is 0 Å². The molecule has 0 heterocycles. The molecule has 6 heteroatoms. The molecule has 2 aromatic carbocycles. The molecule has 0 N–H and O–H groups in total. The summed E-state index contributed by atoms with van der Waals surface area (Å²) in [6.45, 7) is 0. The van der Waals surface area contributed by atoms with Crippen LogP contribution in [0.2, 0.25) is 0 Å². The molecule has 0 aliphatic rings. The lowest BCUT2D eigenvalue weighted by molar-refractivity contribution is -0.112. The van der Waals surface area contributed by atoms with Crippen molar-refractivity contribution in [3.63, 3.8) is 0 Å². The molecule has 2 rings (SSSR count). The van der Waals surface area contributed by atoms with Gasteiger partial charge in [0.1, 0.15) is 5.75 Å². The molecule has 0 radical (unpaired) electrons. The van der Waals surface area contributed by atoms with E-state index in [1.807, 2.05) is 60.7 Å². The molecule has 0 fully saturated rings. The van der Waals surface area contributed by atoms with Crippen LogP contribution in [-0.2, 0) is 14.3 Å². The van der Waals surface area contributed by atoms with E-state index in [4.69, 9.17) is 16.3 Å². The van der Waals surface area contributed by atoms with E-state index in [-0.39, 0.29) is 5.78 Å². The van der Waals surface area contributed by atoms with Crippen LogP contribution in [-0.4, -0.2) is 40.4 Å². The van der Waals surface area contributed by atoms with Crippen molar-refractivity contribution in [2.24, 2.45) is 0 Å². The highest BCUT2D eigenvalue weighted by atomic mass is 35.5. The monoisotopic (exact) mass is 450 g/mol. The van der Waals surface area contributed by atoms with Crippen LogP contribution in [0.15, 0.2) is 64.4 Å². The molecule has 0 unspecified atom stereocenters. The number of rotatable bonds is 10. The number of methoxy groups -OCH3 is 1. The SMILES string of the molecule is COc1ccc(S/C(=C/c2ccccc2)C(C(=O)CCCCCl)=S(C)(C)=O)cc1. The molecule has 0 saturated carbocycles. The second kappa shape index (κ2) is 11.5. The van der Waals surface area contributed by atoms with E-state index < -0.39 is 9.52 Å². The second-order valence-corrected chi connectivity index (χ2v) is 11.2. The zero-order chi connectivity index (χ0) is 21.3. The molecule has 0 aliphatic carbocycles. The van der Waals surface area contributed by atoms with Crippen molar-refractivity contribution in [3.05, 3.63) is 65.1 Å². The van der Waals surface area contributed by atoms with E-state index in [1.54, 1.807) is 19.6 Å². The summed E-state index contributed by atoms with van der Waals surface area (Å²) in [7, 11) is -0.861. The Bertz CT molecular complexity index is 949. The predicted molar refractivity (Wildman–Crippen MR) is 128 cm³/mol. The van der Waals surface area contributed by atoms with Crippen LogP contribution in [0.4, 0.5) is 0 Å². The van der Waals surface area contributed by atoms with Gasteiger partial charge in [-0.15, -0.1) is 11.6 Å². The van der Waals surface area contributed by atoms with Gasteiger partial charge in [-0.3, -0.25) is 9.00 Å². The van der Waals surface area contributed by atoms with E-state index in [0.29, 0.717) is 28.5 Å². The van der Waals surface area contributed by atoms with Gasteiger partial charge < -0.3 is 4.74 Å². The first-order valence-corrected chi connectivity index (χ1v) is 13.1. The molecule has 0 atom stereocenters. The summed E-state index contributed by atoms with van der Waals surface area (Å²) in [5.74, 6) is 1.20. The lowest BCUT2D eigenvalue weighted by Gasteiger charge is -2.15. The maximum atomic E-state index is 13.1. The van der Waals surface area contributed by atoms with Gasteiger partial charge in [0.2, 0.25) is 0 Å². The van der Waals surface area contributed by atoms with Crippen LogP contribution < -0.4 is 4.74 Å². The Kier molecular flexibility index (Phi) is 9.34. The number of hydrogen-bond acceptors (Lipinski definition) is 4. The number of carbonyl (C=O) groups is 1. The molecule has 156 valence electrons. The summed E-state index contributed by atoms with van der Waals surface area (Å²) < 4.78 is 18.4. The molecular weight excluding hydrogens is 424 g/mol. The Morgan fingerprint density at radius 3 is 2.28 bits per heavy atom. The van der Waals surface area contributed by atoms with Crippen molar-refractivity contribution in [3.8, 4) is 5.75 Å². The van der Waals surface area contributed by atoms with Crippen molar-refractivity contribution in [2.75, 3.05) is 25.5 Å². The molecule has 0 aliphatic heterocycles. The van der Waals surface area contributed by atoms with Crippen LogP contribution in [0, 0.1) is 0 Å². The first kappa shape index (κ1) is 23.6. The van der Waals surface area contributed by atoms with Crippen LogP contribution in [0.1, 0.15) is 24.8 Å². The van der Waals surface area contributed by atoms with Gasteiger partial charge in [-0.1, -0.05) is 42.1 Å². The molecule has 2 aromatic rings. The fraction of sp³-hybridized carbons (Fsp3) is 0.304. The smallest absolute Gasteiger partial charge is 0.171 e. The Balaban J connectivity index is 2.49. The molecular formula is C23H27ClO3S2. The third kappa shape index (κ3) is 7.57. The van der Waals surface area contributed by atoms with Crippen LogP contribution in [0.3, 0.4) is 0 Å². The van der Waals surface area contributed by atoms with Gasteiger partial charge in [0.05, 0.1) is 12.0 Å². The lowest BCUT2D eigenvalue weighted by Crippen LogP contribution is -2.23. The number of unbranched alkanes of at least 4 members (excludes halogenated alkanes) is 1. The number of allylic oxidation sites excluding steroid dienone is 1. The summed E-state index contributed by atoms with van der Waals surface area (Å²) >= 11 is 7.20. The summed E-state index contributed by atoms with van der Waals surface area (Å²) in [5.41, 5.74) is 0.957. The summed E-state index contributed by atoms with van der Waals surface area (Å²) in [4.78, 5) is 15.1. The predicted octanol–water partition coefficient (Wildman–Crippen LogP) is 5.52. The van der Waals surface area contributed by atoms with Crippen molar-refractivity contribution in [2.45, 2.75) is 24.2 Å². The van der Waals surface area contributed by atoms with Crippen LogP contribution >= 0.6 is 23.4 Å². The van der Waals surface area contributed by atoms with E-state index in [9.17, 15) is 9.00 Å². The van der Waals surface area contributed by atoms with Gasteiger partial charge in [-0.05, 0) is 58.3 Å². The number of halogens is 1. The number of ketones is 1. The maximum Gasteiger partial charge on any atom is 0.171 e. The van der Waals surface area contributed by atoms with Crippen molar-refractivity contribution >= 4 is 49.6 Å². The van der Waals surface area contributed by atoms with Crippen molar-refractivity contribution < 1.29 is 13.7 Å².